The molecule has 0 bridgehead atoms. The lowest BCUT2D eigenvalue weighted by Crippen LogP contribution is -2.40. The van der Waals surface area contributed by atoms with Crippen molar-refractivity contribution in [1.82, 2.24) is 14.5 Å². The van der Waals surface area contributed by atoms with Gasteiger partial charge in [0.2, 0.25) is 12.7 Å². The first-order valence-corrected chi connectivity index (χ1v) is 6.96. The largest absolute Gasteiger partial charge is 0.454 e. The molecular formula is C15H15N3O5. The number of hydrogen-bond donors (Lipinski definition) is 1. The number of benzene rings is 1. The molecule has 0 radical (unpaired) electrons. The van der Waals surface area contributed by atoms with Crippen molar-refractivity contribution in [2.45, 2.75) is 13.1 Å². The highest BCUT2D eigenvalue weighted by Crippen LogP contribution is 2.32. The minimum Gasteiger partial charge on any atom is -0.454 e. The summed E-state index contributed by atoms with van der Waals surface area (Å²) in [5.74, 6) is 0.992. The molecule has 1 aromatic carbocycles. The lowest BCUT2D eigenvalue weighted by atomic mass is 10.2. The summed E-state index contributed by atoms with van der Waals surface area (Å²) in [6, 6.07) is 6.64. The second-order valence-electron chi connectivity index (χ2n) is 5.09. The van der Waals surface area contributed by atoms with Crippen molar-refractivity contribution in [3.05, 3.63) is 56.9 Å². The van der Waals surface area contributed by atoms with E-state index in [0.29, 0.717) is 18.0 Å². The summed E-state index contributed by atoms with van der Waals surface area (Å²) in [4.78, 5) is 35.1. The van der Waals surface area contributed by atoms with Gasteiger partial charge in [0.15, 0.2) is 11.5 Å². The molecule has 0 saturated carbocycles. The zero-order chi connectivity index (χ0) is 16.4. The monoisotopic (exact) mass is 317 g/mol. The Labute approximate surface area is 130 Å². The van der Waals surface area contributed by atoms with Crippen LogP contribution in [0.4, 0.5) is 0 Å². The van der Waals surface area contributed by atoms with Gasteiger partial charge in [-0.3, -0.25) is 18.7 Å². The van der Waals surface area contributed by atoms with Gasteiger partial charge in [0.1, 0.15) is 6.54 Å². The third-order valence-corrected chi connectivity index (χ3v) is 3.50. The highest BCUT2D eigenvalue weighted by molar-refractivity contribution is 5.75. The fraction of sp³-hybridized carbons (Fsp3) is 0.267. The van der Waals surface area contributed by atoms with Gasteiger partial charge < -0.3 is 14.8 Å². The molecule has 8 heteroatoms. The van der Waals surface area contributed by atoms with E-state index in [1.165, 1.54) is 23.9 Å². The molecule has 3 rings (SSSR count). The number of nitrogens with one attached hydrogen (secondary N) is 1. The third-order valence-electron chi connectivity index (χ3n) is 3.50. The summed E-state index contributed by atoms with van der Waals surface area (Å²) >= 11 is 0. The second kappa shape index (κ2) is 5.99. The number of ether oxygens (including phenoxy) is 2. The van der Waals surface area contributed by atoms with Gasteiger partial charge in [-0.25, -0.2) is 4.79 Å². The minimum atomic E-state index is -0.532. The maximum Gasteiger partial charge on any atom is 0.331 e. The van der Waals surface area contributed by atoms with Crippen LogP contribution in [0.5, 0.6) is 11.5 Å². The average molecular weight is 317 g/mol. The lowest BCUT2D eigenvalue weighted by molar-refractivity contribution is -0.121. The molecule has 0 aliphatic carbocycles. The van der Waals surface area contributed by atoms with E-state index in [1.807, 2.05) is 6.07 Å². The van der Waals surface area contributed by atoms with Crippen LogP contribution in [0.25, 0.3) is 0 Å². The molecule has 0 fully saturated rings. The molecule has 23 heavy (non-hydrogen) atoms. The number of fused-ring (bicyclic) bond motifs is 1. The van der Waals surface area contributed by atoms with E-state index >= 15 is 0 Å². The molecule has 1 aromatic heterocycles. The Morgan fingerprint density at radius 1 is 1.22 bits per heavy atom. The number of amides is 1. The van der Waals surface area contributed by atoms with Gasteiger partial charge in [0, 0.05) is 25.9 Å². The van der Waals surface area contributed by atoms with Gasteiger partial charge >= 0.3 is 5.69 Å². The Bertz CT molecular complexity index is 868. The second-order valence-corrected chi connectivity index (χ2v) is 5.09. The van der Waals surface area contributed by atoms with Crippen molar-refractivity contribution >= 4 is 5.91 Å². The van der Waals surface area contributed by atoms with Crippen LogP contribution in [-0.4, -0.2) is 21.8 Å². The van der Waals surface area contributed by atoms with Crippen LogP contribution in [0.1, 0.15) is 5.56 Å². The van der Waals surface area contributed by atoms with E-state index in [9.17, 15) is 14.4 Å². The Hall–Kier alpha value is -3.03. The average Bonchev–Trinajstić information content (AvgIpc) is 3.01. The maximum absolute atomic E-state index is 12.0. The zero-order valence-electron chi connectivity index (χ0n) is 12.4. The summed E-state index contributed by atoms with van der Waals surface area (Å²) in [5, 5.41) is 2.72. The predicted molar refractivity (Wildman–Crippen MR) is 80.4 cm³/mol. The van der Waals surface area contributed by atoms with Gasteiger partial charge in [-0.1, -0.05) is 6.07 Å². The molecule has 0 unspecified atom stereocenters. The van der Waals surface area contributed by atoms with Crippen LogP contribution in [0.2, 0.25) is 0 Å². The SMILES string of the molecule is Cn1c(=O)ccn(CC(=O)NCc2ccc3c(c2)OCO3)c1=O. The smallest absolute Gasteiger partial charge is 0.331 e. The molecule has 2 aromatic rings. The first-order valence-electron chi connectivity index (χ1n) is 6.96. The number of hydrogen-bond acceptors (Lipinski definition) is 5. The first kappa shape index (κ1) is 14.9. The first-order chi connectivity index (χ1) is 11.0. The van der Waals surface area contributed by atoms with Gasteiger partial charge in [0.05, 0.1) is 0 Å². The van der Waals surface area contributed by atoms with E-state index in [4.69, 9.17) is 9.47 Å². The van der Waals surface area contributed by atoms with Gasteiger partial charge in [-0.2, -0.15) is 0 Å². The molecule has 0 saturated heterocycles. The summed E-state index contributed by atoms with van der Waals surface area (Å²) in [6.07, 6.45) is 1.31. The van der Waals surface area contributed by atoms with E-state index in [0.717, 1.165) is 10.1 Å². The molecule has 1 aliphatic heterocycles. The van der Waals surface area contributed by atoms with Crippen LogP contribution in [-0.2, 0) is 24.9 Å². The molecular weight excluding hydrogens is 302 g/mol. The Balaban J connectivity index is 1.63. The summed E-state index contributed by atoms with van der Waals surface area (Å²) < 4.78 is 12.6. The molecule has 1 N–H and O–H groups in total. The fourth-order valence-electron chi connectivity index (χ4n) is 2.20. The molecule has 120 valence electrons. The Kier molecular flexibility index (Phi) is 3.88. The van der Waals surface area contributed by atoms with E-state index in [2.05, 4.69) is 5.32 Å². The molecule has 1 aliphatic rings. The highest BCUT2D eigenvalue weighted by Gasteiger charge is 2.13. The van der Waals surface area contributed by atoms with Gasteiger partial charge in [-0.05, 0) is 17.7 Å². The van der Waals surface area contributed by atoms with Crippen molar-refractivity contribution in [3.63, 3.8) is 0 Å². The molecule has 2 heterocycles. The quantitative estimate of drug-likeness (QED) is 0.828. The molecule has 8 nitrogen and oxygen atoms in total. The zero-order valence-corrected chi connectivity index (χ0v) is 12.4. The maximum atomic E-state index is 12.0. The van der Waals surface area contributed by atoms with Crippen molar-refractivity contribution in [1.29, 1.82) is 0 Å². The number of carbonyl (C=O) groups excluding carboxylic acids is 1. The normalized spacial score (nSPS) is 12.2. The molecule has 0 spiro atoms. The minimum absolute atomic E-state index is 0.155. The van der Waals surface area contributed by atoms with E-state index in [-0.39, 0.29) is 19.2 Å². The molecule has 0 atom stereocenters. The lowest BCUT2D eigenvalue weighted by Gasteiger charge is -2.08. The fourth-order valence-corrected chi connectivity index (χ4v) is 2.20. The predicted octanol–water partition coefficient (Wildman–Crippen LogP) is -0.408. The van der Waals surface area contributed by atoms with E-state index in [1.54, 1.807) is 12.1 Å². The van der Waals surface area contributed by atoms with Crippen LogP contribution < -0.4 is 26.0 Å². The van der Waals surface area contributed by atoms with Crippen molar-refractivity contribution in [2.75, 3.05) is 6.79 Å². The van der Waals surface area contributed by atoms with Gasteiger partial charge in [-0.15, -0.1) is 0 Å². The number of carbonyl (C=O) groups is 1. The number of rotatable bonds is 4. The van der Waals surface area contributed by atoms with Crippen molar-refractivity contribution in [2.24, 2.45) is 7.05 Å². The van der Waals surface area contributed by atoms with Crippen molar-refractivity contribution < 1.29 is 14.3 Å². The number of nitrogens with zero attached hydrogens (tertiary/aromatic N) is 2. The molecule has 1 amide bonds. The standard InChI is InChI=1S/C15H15N3O5/c1-17-14(20)4-5-18(15(17)21)8-13(19)16-7-10-2-3-11-12(6-10)23-9-22-11/h2-6H,7-9H2,1H3,(H,16,19). The van der Waals surface area contributed by atoms with E-state index < -0.39 is 11.2 Å². The summed E-state index contributed by atoms with van der Waals surface area (Å²) in [6.45, 7) is 0.342. The van der Waals surface area contributed by atoms with Crippen LogP contribution in [0.3, 0.4) is 0 Å². The van der Waals surface area contributed by atoms with Crippen LogP contribution in [0.15, 0.2) is 40.1 Å². The Morgan fingerprint density at radius 2 is 2.00 bits per heavy atom. The highest BCUT2D eigenvalue weighted by atomic mass is 16.7. The topological polar surface area (TPSA) is 91.6 Å². The van der Waals surface area contributed by atoms with Gasteiger partial charge in [0.25, 0.3) is 5.56 Å². The number of aromatic nitrogens is 2. The summed E-state index contributed by atoms with van der Waals surface area (Å²) in [7, 11) is 1.37. The summed E-state index contributed by atoms with van der Waals surface area (Å²) in [5.41, 5.74) is -0.0850. The van der Waals surface area contributed by atoms with Crippen LogP contribution in [0, 0.1) is 0 Å². The van der Waals surface area contributed by atoms with Crippen LogP contribution >= 0.6 is 0 Å². The Morgan fingerprint density at radius 3 is 2.83 bits per heavy atom. The van der Waals surface area contributed by atoms with Crippen molar-refractivity contribution in [3.8, 4) is 11.5 Å². The third kappa shape index (κ3) is 3.10.